The van der Waals surface area contributed by atoms with Gasteiger partial charge in [0.15, 0.2) is 6.10 Å². The fourth-order valence-corrected chi connectivity index (χ4v) is 2.95. The van der Waals surface area contributed by atoms with Gasteiger partial charge in [-0.15, -0.1) is 0 Å². The molecular weight excluding hydrogens is 380 g/mol. The highest BCUT2D eigenvalue weighted by Gasteiger charge is 2.20. The Balaban J connectivity index is 1.87. The molecule has 152 valence electrons. The SMILES string of the molecule is Cc1nn(CC(C)C)c(C)c1CCC(=O)OC(C)C(=O)Nc1ccc(Cl)cn1. The largest absolute Gasteiger partial charge is 0.453 e. The molecular formula is C20H27ClN4O3. The van der Waals surface area contributed by atoms with Crippen molar-refractivity contribution in [2.75, 3.05) is 5.32 Å². The Labute approximate surface area is 170 Å². The topological polar surface area (TPSA) is 86.1 Å². The van der Waals surface area contributed by atoms with Gasteiger partial charge in [0.2, 0.25) is 0 Å². The monoisotopic (exact) mass is 406 g/mol. The van der Waals surface area contributed by atoms with E-state index in [0.29, 0.717) is 23.2 Å². The van der Waals surface area contributed by atoms with Crippen molar-refractivity contribution in [2.45, 2.75) is 60.1 Å². The summed E-state index contributed by atoms with van der Waals surface area (Å²) in [6.07, 6.45) is 1.22. The summed E-state index contributed by atoms with van der Waals surface area (Å²) in [6.45, 7) is 10.6. The summed E-state index contributed by atoms with van der Waals surface area (Å²) < 4.78 is 7.23. The average Bonchev–Trinajstić information content (AvgIpc) is 2.87. The van der Waals surface area contributed by atoms with Crippen molar-refractivity contribution in [1.29, 1.82) is 0 Å². The van der Waals surface area contributed by atoms with E-state index in [1.54, 1.807) is 12.1 Å². The molecule has 0 saturated heterocycles. The molecule has 0 saturated carbocycles. The molecule has 2 rings (SSSR count). The molecule has 0 aliphatic carbocycles. The number of hydrogen-bond donors (Lipinski definition) is 1. The first kappa shape index (κ1) is 21.9. The highest BCUT2D eigenvalue weighted by molar-refractivity contribution is 6.30. The van der Waals surface area contributed by atoms with Crippen LogP contribution in [0, 0.1) is 19.8 Å². The number of nitrogens with one attached hydrogen (secondary N) is 1. The zero-order valence-electron chi connectivity index (χ0n) is 17.0. The predicted molar refractivity (Wildman–Crippen MR) is 108 cm³/mol. The van der Waals surface area contributed by atoms with E-state index in [2.05, 4.69) is 29.2 Å². The van der Waals surface area contributed by atoms with E-state index in [1.807, 2.05) is 18.5 Å². The molecule has 0 aliphatic heterocycles. The number of esters is 1. The molecule has 0 aromatic carbocycles. The van der Waals surface area contributed by atoms with Crippen molar-refractivity contribution in [3.05, 3.63) is 40.3 Å². The lowest BCUT2D eigenvalue weighted by atomic mass is 10.1. The van der Waals surface area contributed by atoms with Gasteiger partial charge in [-0.3, -0.25) is 14.3 Å². The second-order valence-corrected chi connectivity index (χ2v) is 7.64. The minimum atomic E-state index is -0.921. The Morgan fingerprint density at radius 1 is 1.25 bits per heavy atom. The van der Waals surface area contributed by atoms with Crippen LogP contribution in [0.5, 0.6) is 0 Å². The molecule has 1 atom stereocenters. The maximum atomic E-state index is 12.2. The maximum Gasteiger partial charge on any atom is 0.306 e. The van der Waals surface area contributed by atoms with E-state index in [4.69, 9.17) is 16.3 Å². The molecule has 7 nitrogen and oxygen atoms in total. The standard InChI is InChI=1S/C20H27ClN4O3/c1-12(2)11-25-14(4)17(13(3)24-25)7-9-19(26)28-15(5)20(27)23-18-8-6-16(21)10-22-18/h6,8,10,12,15H,7,9,11H2,1-5H3,(H,22,23,27). The second kappa shape index (κ2) is 9.68. The number of amides is 1. The van der Waals surface area contributed by atoms with Crippen LogP contribution < -0.4 is 5.32 Å². The summed E-state index contributed by atoms with van der Waals surface area (Å²) in [6, 6.07) is 3.19. The summed E-state index contributed by atoms with van der Waals surface area (Å²) >= 11 is 5.76. The molecule has 2 aromatic rings. The molecule has 1 amide bonds. The van der Waals surface area contributed by atoms with Crippen LogP contribution >= 0.6 is 11.6 Å². The van der Waals surface area contributed by atoms with Crippen LogP contribution in [0.2, 0.25) is 5.02 Å². The van der Waals surface area contributed by atoms with E-state index in [9.17, 15) is 9.59 Å². The molecule has 8 heteroatoms. The van der Waals surface area contributed by atoms with Gasteiger partial charge in [-0.1, -0.05) is 25.4 Å². The highest BCUT2D eigenvalue weighted by Crippen LogP contribution is 2.17. The van der Waals surface area contributed by atoms with E-state index in [0.717, 1.165) is 23.5 Å². The van der Waals surface area contributed by atoms with Gasteiger partial charge in [0, 0.05) is 24.9 Å². The highest BCUT2D eigenvalue weighted by atomic mass is 35.5. The lowest BCUT2D eigenvalue weighted by molar-refractivity contribution is -0.153. The van der Waals surface area contributed by atoms with E-state index >= 15 is 0 Å². The number of anilines is 1. The van der Waals surface area contributed by atoms with Gasteiger partial charge in [0.05, 0.1) is 10.7 Å². The number of rotatable bonds is 8. The predicted octanol–water partition coefficient (Wildman–Crippen LogP) is 3.71. The third-order valence-corrected chi connectivity index (χ3v) is 4.53. The number of aryl methyl sites for hydroxylation is 1. The minimum absolute atomic E-state index is 0.186. The summed E-state index contributed by atoms with van der Waals surface area (Å²) in [7, 11) is 0. The van der Waals surface area contributed by atoms with E-state index in [-0.39, 0.29) is 6.42 Å². The summed E-state index contributed by atoms with van der Waals surface area (Å²) in [5.74, 6) is -0.0335. The van der Waals surface area contributed by atoms with E-state index < -0.39 is 18.0 Å². The van der Waals surface area contributed by atoms with Crippen molar-refractivity contribution in [1.82, 2.24) is 14.8 Å². The molecule has 0 bridgehead atoms. The summed E-state index contributed by atoms with van der Waals surface area (Å²) in [5, 5.41) is 7.62. The van der Waals surface area contributed by atoms with Crippen molar-refractivity contribution in [3.8, 4) is 0 Å². The zero-order valence-corrected chi connectivity index (χ0v) is 17.7. The molecule has 0 spiro atoms. The minimum Gasteiger partial charge on any atom is -0.453 e. The Morgan fingerprint density at radius 2 is 1.96 bits per heavy atom. The fraction of sp³-hybridized carbons (Fsp3) is 0.500. The van der Waals surface area contributed by atoms with Crippen LogP contribution in [0.4, 0.5) is 5.82 Å². The Bertz CT molecular complexity index is 831. The van der Waals surface area contributed by atoms with Gasteiger partial charge >= 0.3 is 5.97 Å². The average molecular weight is 407 g/mol. The van der Waals surface area contributed by atoms with Crippen LogP contribution in [0.15, 0.2) is 18.3 Å². The number of hydrogen-bond acceptors (Lipinski definition) is 5. The third kappa shape index (κ3) is 6.05. The lowest BCUT2D eigenvalue weighted by Gasteiger charge is -2.13. The molecule has 0 aliphatic rings. The molecule has 2 heterocycles. The smallest absolute Gasteiger partial charge is 0.306 e. The molecule has 0 fully saturated rings. The van der Waals surface area contributed by atoms with Crippen molar-refractivity contribution >= 4 is 29.3 Å². The van der Waals surface area contributed by atoms with Gasteiger partial charge < -0.3 is 10.1 Å². The van der Waals surface area contributed by atoms with Crippen molar-refractivity contribution in [2.24, 2.45) is 5.92 Å². The van der Waals surface area contributed by atoms with Gasteiger partial charge in [-0.05, 0) is 50.8 Å². The fourth-order valence-electron chi connectivity index (χ4n) is 2.83. The van der Waals surface area contributed by atoms with Gasteiger partial charge in [0.25, 0.3) is 5.91 Å². The quantitative estimate of drug-likeness (QED) is 0.675. The third-order valence-electron chi connectivity index (χ3n) is 4.30. The number of carbonyl (C=O) groups excluding carboxylic acids is 2. The van der Waals surface area contributed by atoms with Gasteiger partial charge in [0.1, 0.15) is 5.82 Å². The van der Waals surface area contributed by atoms with E-state index in [1.165, 1.54) is 13.1 Å². The first-order chi connectivity index (χ1) is 13.2. The number of aromatic nitrogens is 3. The Morgan fingerprint density at radius 3 is 2.57 bits per heavy atom. The summed E-state index contributed by atoms with van der Waals surface area (Å²) in [4.78, 5) is 28.3. The number of pyridine rings is 1. The van der Waals surface area contributed by atoms with Crippen LogP contribution in [0.25, 0.3) is 0 Å². The number of halogens is 1. The molecule has 1 N–H and O–H groups in total. The normalized spacial score (nSPS) is 12.1. The molecule has 2 aromatic heterocycles. The van der Waals surface area contributed by atoms with Crippen LogP contribution in [-0.2, 0) is 27.3 Å². The maximum absolute atomic E-state index is 12.2. The first-order valence-electron chi connectivity index (χ1n) is 9.32. The molecule has 28 heavy (non-hydrogen) atoms. The lowest BCUT2D eigenvalue weighted by Crippen LogP contribution is -2.30. The van der Waals surface area contributed by atoms with Crippen LogP contribution in [-0.4, -0.2) is 32.7 Å². The number of nitrogens with zero attached hydrogens (tertiary/aromatic N) is 3. The van der Waals surface area contributed by atoms with Gasteiger partial charge in [-0.25, -0.2) is 4.98 Å². The van der Waals surface area contributed by atoms with Crippen LogP contribution in [0.3, 0.4) is 0 Å². The van der Waals surface area contributed by atoms with Gasteiger partial charge in [-0.2, -0.15) is 5.10 Å². The Kier molecular flexibility index (Phi) is 7.57. The van der Waals surface area contributed by atoms with Crippen LogP contribution in [0.1, 0.15) is 44.1 Å². The first-order valence-corrected chi connectivity index (χ1v) is 9.70. The summed E-state index contributed by atoms with van der Waals surface area (Å²) in [5.41, 5.74) is 3.05. The number of ether oxygens (including phenoxy) is 1. The molecule has 0 radical (unpaired) electrons. The Hall–Kier alpha value is -2.41. The second-order valence-electron chi connectivity index (χ2n) is 7.21. The van der Waals surface area contributed by atoms with Crippen molar-refractivity contribution < 1.29 is 14.3 Å². The molecule has 1 unspecified atom stereocenters. The number of carbonyl (C=O) groups is 2. The van der Waals surface area contributed by atoms with Crippen molar-refractivity contribution in [3.63, 3.8) is 0 Å². The zero-order chi connectivity index (χ0) is 20.8.